The smallest absolute Gasteiger partial charge is 0.184 e. The van der Waals surface area contributed by atoms with E-state index in [1.54, 1.807) is 6.92 Å². The largest absolute Gasteiger partial charge is 0.382 e. The molecule has 8 heteroatoms. The molecule has 0 saturated carbocycles. The molecule has 1 aliphatic rings. The highest BCUT2D eigenvalue weighted by Crippen LogP contribution is 2.35. The summed E-state index contributed by atoms with van der Waals surface area (Å²) in [5, 5.41) is 0.697. The Hall–Kier alpha value is -0.860. The van der Waals surface area contributed by atoms with Crippen LogP contribution >= 0.6 is 11.5 Å². The monoisotopic (exact) mass is 290 g/mol. The van der Waals surface area contributed by atoms with Crippen LogP contribution in [0.25, 0.3) is 0 Å². The number of likely N-dealkylation sites (N-methyl/N-ethyl adjacent to an activating group) is 1. The lowest BCUT2D eigenvalue weighted by Crippen LogP contribution is -2.44. The lowest BCUT2D eigenvalue weighted by molar-refractivity contribution is 0.313. The molecule has 0 radical (unpaired) electrons. The maximum Gasteiger partial charge on any atom is 0.184 e. The van der Waals surface area contributed by atoms with Crippen molar-refractivity contribution in [1.29, 1.82) is 0 Å². The van der Waals surface area contributed by atoms with Gasteiger partial charge in [0.1, 0.15) is 9.90 Å². The zero-order valence-electron chi connectivity index (χ0n) is 10.6. The summed E-state index contributed by atoms with van der Waals surface area (Å²) >= 11 is 1.18. The van der Waals surface area contributed by atoms with E-state index in [9.17, 15) is 8.42 Å². The number of anilines is 2. The Morgan fingerprint density at radius 2 is 1.94 bits per heavy atom. The molecule has 6 nitrogen and oxygen atoms in total. The van der Waals surface area contributed by atoms with Gasteiger partial charge in [-0.3, -0.25) is 0 Å². The van der Waals surface area contributed by atoms with Crippen LogP contribution in [0.3, 0.4) is 0 Å². The molecule has 0 atom stereocenters. The van der Waals surface area contributed by atoms with Gasteiger partial charge in [-0.15, -0.1) is 0 Å². The molecule has 0 unspecified atom stereocenters. The fourth-order valence-electron chi connectivity index (χ4n) is 1.93. The molecule has 1 aromatic heterocycles. The first-order chi connectivity index (χ1) is 8.45. The molecule has 0 aromatic carbocycles. The van der Waals surface area contributed by atoms with Gasteiger partial charge in [0.05, 0.1) is 5.75 Å². The molecular formula is C10H18N4O2S2. The van der Waals surface area contributed by atoms with Crippen molar-refractivity contribution in [3.63, 3.8) is 0 Å². The highest BCUT2D eigenvalue weighted by Gasteiger charge is 2.28. The molecule has 2 rings (SSSR count). The third-order valence-electron chi connectivity index (χ3n) is 3.14. The van der Waals surface area contributed by atoms with Gasteiger partial charge >= 0.3 is 0 Å². The van der Waals surface area contributed by atoms with Crippen LogP contribution < -0.4 is 10.6 Å². The van der Waals surface area contributed by atoms with Crippen molar-refractivity contribution < 1.29 is 8.42 Å². The quantitative estimate of drug-likeness (QED) is 0.861. The summed E-state index contributed by atoms with van der Waals surface area (Å²) in [6.07, 6.45) is 0. The summed E-state index contributed by atoms with van der Waals surface area (Å²) in [7, 11) is -1.25. The minimum Gasteiger partial charge on any atom is -0.382 e. The summed E-state index contributed by atoms with van der Waals surface area (Å²) in [6, 6.07) is 0. The minimum atomic E-state index is -3.31. The average molecular weight is 290 g/mol. The zero-order chi connectivity index (χ0) is 13.3. The topological polar surface area (TPSA) is 79.5 Å². The van der Waals surface area contributed by atoms with Crippen molar-refractivity contribution in [3.8, 4) is 0 Å². The van der Waals surface area contributed by atoms with Gasteiger partial charge in [-0.25, -0.2) is 8.42 Å². The molecule has 0 spiro atoms. The minimum absolute atomic E-state index is 0.0519. The van der Waals surface area contributed by atoms with Gasteiger partial charge in [0.15, 0.2) is 15.7 Å². The summed E-state index contributed by atoms with van der Waals surface area (Å²) in [4.78, 5) is 4.50. The van der Waals surface area contributed by atoms with Crippen molar-refractivity contribution in [2.45, 2.75) is 11.8 Å². The highest BCUT2D eigenvalue weighted by atomic mass is 32.2. The second-order valence-corrected chi connectivity index (χ2v) is 7.36. The number of piperazine rings is 1. The van der Waals surface area contributed by atoms with E-state index in [1.165, 1.54) is 11.5 Å². The van der Waals surface area contributed by atoms with Gasteiger partial charge in [-0.1, -0.05) is 6.92 Å². The molecule has 102 valence electrons. The predicted octanol–water partition coefficient (Wildman–Crippen LogP) is 0.271. The number of hydrogen-bond acceptors (Lipinski definition) is 7. The zero-order valence-corrected chi connectivity index (χ0v) is 12.2. The van der Waals surface area contributed by atoms with Crippen LogP contribution in [-0.2, 0) is 9.84 Å². The van der Waals surface area contributed by atoms with Crippen LogP contribution in [-0.4, -0.2) is 56.7 Å². The summed E-state index contributed by atoms with van der Waals surface area (Å²) < 4.78 is 28.1. The maximum absolute atomic E-state index is 12.1. The lowest BCUT2D eigenvalue weighted by Gasteiger charge is -2.33. The molecule has 1 fully saturated rings. The fourth-order valence-corrected chi connectivity index (χ4v) is 4.29. The van der Waals surface area contributed by atoms with Crippen LogP contribution in [0, 0.1) is 0 Å². The number of nitrogens with zero attached hydrogens (tertiary/aromatic N) is 3. The number of nitrogens with two attached hydrogens (primary N) is 1. The molecule has 18 heavy (non-hydrogen) atoms. The summed E-state index contributed by atoms with van der Waals surface area (Å²) in [6.45, 7) is 5.09. The van der Waals surface area contributed by atoms with Gasteiger partial charge in [0, 0.05) is 26.2 Å². The van der Waals surface area contributed by atoms with E-state index in [4.69, 9.17) is 5.73 Å². The van der Waals surface area contributed by atoms with E-state index in [1.807, 2.05) is 0 Å². The molecule has 0 amide bonds. The molecule has 1 saturated heterocycles. The van der Waals surface area contributed by atoms with Crippen molar-refractivity contribution in [1.82, 2.24) is 9.27 Å². The lowest BCUT2D eigenvalue weighted by atomic mass is 10.3. The van der Waals surface area contributed by atoms with Crippen molar-refractivity contribution in [3.05, 3.63) is 0 Å². The molecule has 0 bridgehead atoms. The molecular weight excluding hydrogens is 272 g/mol. The van der Waals surface area contributed by atoms with Gasteiger partial charge in [0.2, 0.25) is 0 Å². The van der Waals surface area contributed by atoms with Crippen molar-refractivity contribution in [2.75, 3.05) is 49.6 Å². The third kappa shape index (κ3) is 2.45. The molecule has 2 N–H and O–H groups in total. The van der Waals surface area contributed by atoms with Crippen LogP contribution in [0.15, 0.2) is 4.90 Å². The fraction of sp³-hybridized carbons (Fsp3) is 0.700. The van der Waals surface area contributed by atoms with E-state index in [2.05, 4.69) is 21.2 Å². The SMILES string of the molecule is CCS(=O)(=O)c1c(N)nsc1N1CCN(C)CC1. The van der Waals surface area contributed by atoms with E-state index in [0.717, 1.165) is 26.2 Å². The first-order valence-electron chi connectivity index (χ1n) is 5.87. The van der Waals surface area contributed by atoms with Gasteiger partial charge < -0.3 is 15.5 Å². The first kappa shape index (κ1) is 13.6. The van der Waals surface area contributed by atoms with E-state index in [-0.39, 0.29) is 16.5 Å². The van der Waals surface area contributed by atoms with E-state index >= 15 is 0 Å². The Kier molecular flexibility index (Phi) is 3.79. The Bertz CT molecular complexity index is 518. The highest BCUT2D eigenvalue weighted by molar-refractivity contribution is 7.91. The van der Waals surface area contributed by atoms with Crippen LogP contribution in [0.1, 0.15) is 6.92 Å². The van der Waals surface area contributed by atoms with Gasteiger partial charge in [-0.05, 0) is 18.6 Å². The predicted molar refractivity (Wildman–Crippen MR) is 74.0 cm³/mol. The Balaban J connectivity index is 2.35. The Morgan fingerprint density at radius 1 is 1.33 bits per heavy atom. The molecule has 1 aliphatic heterocycles. The standard InChI is InChI=1S/C10H18N4O2S2/c1-3-18(15,16)8-9(11)12-17-10(8)14-6-4-13(2)5-7-14/h3-7H2,1-2H3,(H2,11,12). The second kappa shape index (κ2) is 5.02. The number of sulfone groups is 1. The van der Waals surface area contributed by atoms with E-state index < -0.39 is 9.84 Å². The molecule has 1 aromatic rings. The third-order valence-corrected chi connectivity index (χ3v) is 5.98. The maximum atomic E-state index is 12.1. The average Bonchev–Trinajstić information content (AvgIpc) is 2.73. The van der Waals surface area contributed by atoms with Gasteiger partial charge in [-0.2, -0.15) is 4.37 Å². The van der Waals surface area contributed by atoms with Crippen LogP contribution in [0.2, 0.25) is 0 Å². The van der Waals surface area contributed by atoms with Crippen molar-refractivity contribution >= 4 is 32.2 Å². The second-order valence-electron chi connectivity index (χ2n) is 4.40. The molecule has 0 aliphatic carbocycles. The Labute approximate surface area is 111 Å². The van der Waals surface area contributed by atoms with E-state index in [0.29, 0.717) is 5.00 Å². The molecule has 2 heterocycles. The van der Waals surface area contributed by atoms with Gasteiger partial charge in [0.25, 0.3) is 0 Å². The Morgan fingerprint density at radius 3 is 2.50 bits per heavy atom. The number of aromatic nitrogens is 1. The normalized spacial score (nSPS) is 18.2. The summed E-state index contributed by atoms with van der Waals surface area (Å²) in [5.41, 5.74) is 5.72. The number of nitrogen functional groups attached to an aromatic ring is 1. The van der Waals surface area contributed by atoms with Crippen LogP contribution in [0.4, 0.5) is 10.8 Å². The number of rotatable bonds is 3. The first-order valence-corrected chi connectivity index (χ1v) is 8.29. The van der Waals surface area contributed by atoms with Crippen molar-refractivity contribution in [2.24, 2.45) is 0 Å². The van der Waals surface area contributed by atoms with Crippen LogP contribution in [0.5, 0.6) is 0 Å². The number of hydrogen-bond donors (Lipinski definition) is 1. The summed E-state index contributed by atoms with van der Waals surface area (Å²) in [5.74, 6) is 0.187.